The lowest BCUT2D eigenvalue weighted by molar-refractivity contribution is 0.389. The van der Waals surface area contributed by atoms with E-state index in [1.165, 1.54) is 36.6 Å². The monoisotopic (exact) mass is 229 g/mol. The molecular formula is C15H19NO. The van der Waals surface area contributed by atoms with Gasteiger partial charge in [-0.2, -0.15) is 0 Å². The topological polar surface area (TPSA) is 25.2 Å². The fourth-order valence-electron chi connectivity index (χ4n) is 3.18. The highest BCUT2D eigenvalue weighted by atomic mass is 16.3. The van der Waals surface area contributed by atoms with Crippen molar-refractivity contribution in [2.24, 2.45) is 5.92 Å². The largest absolute Gasteiger partial charge is 0.464 e. The molecule has 2 nitrogen and oxygen atoms in total. The fraction of sp³-hybridized carbons (Fsp3) is 0.467. The van der Waals surface area contributed by atoms with Gasteiger partial charge in [-0.3, -0.25) is 0 Å². The van der Waals surface area contributed by atoms with Gasteiger partial charge in [-0.25, -0.2) is 0 Å². The number of fused-ring (bicyclic) bond motifs is 1. The van der Waals surface area contributed by atoms with Gasteiger partial charge in [0.25, 0.3) is 0 Å². The lowest BCUT2D eigenvalue weighted by Gasteiger charge is -2.22. The van der Waals surface area contributed by atoms with Crippen molar-refractivity contribution in [3.8, 4) is 0 Å². The summed E-state index contributed by atoms with van der Waals surface area (Å²) in [4.78, 5) is 0. The highest BCUT2D eigenvalue weighted by Gasteiger charge is 2.27. The molecule has 2 aromatic rings. The standard InChI is InChI=1S/C15H19NO/c1-16-15(11-6-2-3-7-11)13-10-17-14-9-5-4-8-12(13)14/h4-5,8-11,15-16H,2-3,6-7H2,1H3. The van der Waals surface area contributed by atoms with E-state index in [4.69, 9.17) is 4.42 Å². The average Bonchev–Trinajstić information content (AvgIpc) is 3.01. The van der Waals surface area contributed by atoms with Crippen molar-refractivity contribution in [2.45, 2.75) is 31.7 Å². The molecule has 90 valence electrons. The molecular weight excluding hydrogens is 210 g/mol. The summed E-state index contributed by atoms with van der Waals surface area (Å²) in [7, 11) is 2.06. The van der Waals surface area contributed by atoms with Crippen LogP contribution in [-0.4, -0.2) is 7.05 Å². The molecule has 1 heterocycles. The second-order valence-electron chi connectivity index (χ2n) is 5.00. The first kappa shape index (κ1) is 10.8. The fourth-order valence-corrected chi connectivity index (χ4v) is 3.18. The molecule has 0 spiro atoms. The van der Waals surface area contributed by atoms with Crippen molar-refractivity contribution >= 4 is 11.0 Å². The lowest BCUT2D eigenvalue weighted by atomic mass is 9.91. The summed E-state index contributed by atoms with van der Waals surface area (Å²) in [6.07, 6.45) is 7.36. The summed E-state index contributed by atoms with van der Waals surface area (Å²) in [6, 6.07) is 8.76. The van der Waals surface area contributed by atoms with Crippen LogP contribution in [-0.2, 0) is 0 Å². The Morgan fingerprint density at radius 1 is 1.24 bits per heavy atom. The van der Waals surface area contributed by atoms with Crippen molar-refractivity contribution in [3.63, 3.8) is 0 Å². The minimum Gasteiger partial charge on any atom is -0.464 e. The maximum atomic E-state index is 5.65. The van der Waals surface area contributed by atoms with E-state index in [9.17, 15) is 0 Å². The normalized spacial score (nSPS) is 18.9. The molecule has 1 aromatic carbocycles. The predicted octanol–water partition coefficient (Wildman–Crippen LogP) is 3.88. The summed E-state index contributed by atoms with van der Waals surface area (Å²) in [5.74, 6) is 0.765. The number of hydrogen-bond donors (Lipinski definition) is 1. The van der Waals surface area contributed by atoms with Crippen LogP contribution in [0.1, 0.15) is 37.3 Å². The van der Waals surface area contributed by atoms with Crippen LogP contribution in [0.2, 0.25) is 0 Å². The molecule has 1 aliphatic rings. The van der Waals surface area contributed by atoms with Crippen molar-refractivity contribution in [2.75, 3.05) is 7.05 Å². The Hall–Kier alpha value is -1.28. The van der Waals surface area contributed by atoms with Crippen molar-refractivity contribution in [3.05, 3.63) is 36.1 Å². The minimum atomic E-state index is 0.446. The predicted molar refractivity (Wildman–Crippen MR) is 70.0 cm³/mol. The average molecular weight is 229 g/mol. The van der Waals surface area contributed by atoms with Crippen LogP contribution in [0.5, 0.6) is 0 Å². The number of nitrogens with one attached hydrogen (secondary N) is 1. The third kappa shape index (κ3) is 1.87. The van der Waals surface area contributed by atoms with Crippen LogP contribution < -0.4 is 5.32 Å². The summed E-state index contributed by atoms with van der Waals surface area (Å²) in [6.45, 7) is 0. The molecule has 0 bridgehead atoms. The molecule has 1 aliphatic carbocycles. The van der Waals surface area contributed by atoms with E-state index >= 15 is 0 Å². The smallest absolute Gasteiger partial charge is 0.134 e. The Morgan fingerprint density at radius 3 is 2.76 bits per heavy atom. The SMILES string of the molecule is CNC(c1coc2ccccc12)C1CCCC1. The Morgan fingerprint density at radius 2 is 2.00 bits per heavy atom. The number of rotatable bonds is 3. The quantitative estimate of drug-likeness (QED) is 0.864. The van der Waals surface area contributed by atoms with Gasteiger partial charge in [0.2, 0.25) is 0 Å². The molecule has 0 amide bonds. The van der Waals surface area contributed by atoms with E-state index in [2.05, 4.69) is 24.5 Å². The minimum absolute atomic E-state index is 0.446. The number of para-hydroxylation sites is 1. The Bertz CT molecular complexity index is 496. The Kier molecular flexibility index (Phi) is 2.89. The van der Waals surface area contributed by atoms with E-state index in [-0.39, 0.29) is 0 Å². The zero-order valence-electron chi connectivity index (χ0n) is 10.3. The van der Waals surface area contributed by atoms with E-state index < -0.39 is 0 Å². The second-order valence-corrected chi connectivity index (χ2v) is 5.00. The zero-order valence-corrected chi connectivity index (χ0v) is 10.3. The highest BCUT2D eigenvalue weighted by Crippen LogP contribution is 2.38. The first-order chi connectivity index (χ1) is 8.40. The molecule has 1 unspecified atom stereocenters. The molecule has 2 heteroatoms. The third-order valence-electron chi connectivity index (χ3n) is 4.03. The highest BCUT2D eigenvalue weighted by molar-refractivity contribution is 5.81. The molecule has 1 aromatic heterocycles. The van der Waals surface area contributed by atoms with Crippen LogP contribution in [0.4, 0.5) is 0 Å². The second kappa shape index (κ2) is 4.53. The third-order valence-corrected chi connectivity index (χ3v) is 4.03. The Balaban J connectivity index is 2.00. The molecule has 0 aliphatic heterocycles. The van der Waals surface area contributed by atoms with Gasteiger partial charge in [-0.05, 0) is 31.9 Å². The summed E-state index contributed by atoms with van der Waals surface area (Å²) in [5, 5.41) is 4.74. The van der Waals surface area contributed by atoms with Gasteiger partial charge in [0, 0.05) is 17.0 Å². The van der Waals surface area contributed by atoms with Gasteiger partial charge in [-0.15, -0.1) is 0 Å². The van der Waals surface area contributed by atoms with Crippen LogP contribution in [0.3, 0.4) is 0 Å². The van der Waals surface area contributed by atoms with Crippen LogP contribution in [0, 0.1) is 5.92 Å². The van der Waals surface area contributed by atoms with Gasteiger partial charge in [-0.1, -0.05) is 31.0 Å². The van der Waals surface area contributed by atoms with Crippen LogP contribution in [0.15, 0.2) is 34.9 Å². The molecule has 1 fully saturated rings. The summed E-state index contributed by atoms with van der Waals surface area (Å²) < 4.78 is 5.65. The maximum Gasteiger partial charge on any atom is 0.134 e. The van der Waals surface area contributed by atoms with E-state index in [0.717, 1.165) is 11.5 Å². The first-order valence-corrected chi connectivity index (χ1v) is 6.53. The van der Waals surface area contributed by atoms with E-state index in [0.29, 0.717) is 6.04 Å². The lowest BCUT2D eigenvalue weighted by Crippen LogP contribution is -2.23. The number of hydrogen-bond acceptors (Lipinski definition) is 2. The molecule has 3 rings (SSSR count). The van der Waals surface area contributed by atoms with Crippen molar-refractivity contribution < 1.29 is 4.42 Å². The number of benzene rings is 1. The molecule has 0 radical (unpaired) electrons. The van der Waals surface area contributed by atoms with Crippen molar-refractivity contribution in [1.29, 1.82) is 0 Å². The molecule has 1 N–H and O–H groups in total. The molecule has 17 heavy (non-hydrogen) atoms. The van der Waals surface area contributed by atoms with Gasteiger partial charge in [0.15, 0.2) is 0 Å². The van der Waals surface area contributed by atoms with E-state index in [1.54, 1.807) is 0 Å². The summed E-state index contributed by atoms with van der Waals surface area (Å²) in [5.41, 5.74) is 2.33. The first-order valence-electron chi connectivity index (χ1n) is 6.53. The van der Waals surface area contributed by atoms with Gasteiger partial charge < -0.3 is 9.73 Å². The maximum absolute atomic E-state index is 5.65. The van der Waals surface area contributed by atoms with E-state index in [1.807, 2.05) is 18.4 Å². The van der Waals surface area contributed by atoms with Gasteiger partial charge in [0.05, 0.1) is 6.26 Å². The van der Waals surface area contributed by atoms with Gasteiger partial charge in [0.1, 0.15) is 5.58 Å². The molecule has 0 saturated heterocycles. The summed E-state index contributed by atoms with van der Waals surface area (Å²) >= 11 is 0. The molecule has 1 atom stereocenters. The van der Waals surface area contributed by atoms with Crippen LogP contribution >= 0.6 is 0 Å². The number of furan rings is 1. The zero-order chi connectivity index (χ0) is 11.7. The van der Waals surface area contributed by atoms with Crippen molar-refractivity contribution in [1.82, 2.24) is 5.32 Å². The Labute approximate surface area is 102 Å². The molecule has 1 saturated carbocycles. The van der Waals surface area contributed by atoms with Crippen LogP contribution in [0.25, 0.3) is 11.0 Å². The van der Waals surface area contributed by atoms with Gasteiger partial charge >= 0.3 is 0 Å².